The molecule has 2 saturated heterocycles. The molecule has 3 heterocycles. The highest BCUT2D eigenvalue weighted by atomic mass is 16.3. The molecule has 4 atom stereocenters. The van der Waals surface area contributed by atoms with Crippen LogP contribution in [0.1, 0.15) is 56.1 Å². The highest BCUT2D eigenvalue weighted by Gasteiger charge is 2.42. The van der Waals surface area contributed by atoms with E-state index in [1.54, 1.807) is 7.05 Å². The van der Waals surface area contributed by atoms with E-state index in [0.29, 0.717) is 30.9 Å². The van der Waals surface area contributed by atoms with Gasteiger partial charge < -0.3 is 15.3 Å². The maximum atomic E-state index is 13.1. The van der Waals surface area contributed by atoms with Crippen LogP contribution in [0.15, 0.2) is 24.3 Å². The van der Waals surface area contributed by atoms with Gasteiger partial charge in [0.05, 0.1) is 11.6 Å². The molecule has 168 valence electrons. The summed E-state index contributed by atoms with van der Waals surface area (Å²) in [6.07, 6.45) is 4.10. The Hall–Kier alpha value is -2.45. The first-order valence-electron chi connectivity index (χ1n) is 11.2. The fourth-order valence-electron chi connectivity index (χ4n) is 5.27. The standard InChI is InChI=1S/C23H33N5O3/c1-15(2)28-21-7-5-4-6-20(21)22(25-28)23(31)24-16-10-17-8-9-18(11-16)27(17)13-19(30)12-26(3)14-29/h4-7,14-19,30H,8-13H2,1-3H3,(H,24,31)/t16?,17-,18+,19?. The molecule has 4 rings (SSSR count). The van der Waals surface area contributed by atoms with Crippen LogP contribution in [0.4, 0.5) is 0 Å². The van der Waals surface area contributed by atoms with Gasteiger partial charge in [0.2, 0.25) is 6.41 Å². The lowest BCUT2D eigenvalue weighted by Gasteiger charge is -2.40. The molecule has 0 saturated carbocycles. The number of aromatic nitrogens is 2. The number of amides is 2. The van der Waals surface area contributed by atoms with Gasteiger partial charge in [-0.3, -0.25) is 19.2 Å². The van der Waals surface area contributed by atoms with Crippen molar-refractivity contribution >= 4 is 23.2 Å². The summed E-state index contributed by atoms with van der Waals surface area (Å²) in [4.78, 5) is 27.8. The van der Waals surface area contributed by atoms with Crippen LogP contribution in [0.2, 0.25) is 0 Å². The largest absolute Gasteiger partial charge is 0.390 e. The Labute approximate surface area is 183 Å². The van der Waals surface area contributed by atoms with Crippen molar-refractivity contribution in [2.24, 2.45) is 0 Å². The van der Waals surface area contributed by atoms with Crippen molar-refractivity contribution in [2.75, 3.05) is 20.1 Å². The Balaban J connectivity index is 1.42. The Morgan fingerprint density at radius 3 is 2.61 bits per heavy atom. The second-order valence-electron chi connectivity index (χ2n) is 9.33. The number of carbonyl (C=O) groups is 2. The molecule has 0 aliphatic carbocycles. The normalized spacial score (nSPS) is 24.5. The van der Waals surface area contributed by atoms with Gasteiger partial charge in [-0.2, -0.15) is 5.10 Å². The van der Waals surface area contributed by atoms with Crippen LogP contribution >= 0.6 is 0 Å². The van der Waals surface area contributed by atoms with Gasteiger partial charge in [-0.05, 0) is 45.6 Å². The van der Waals surface area contributed by atoms with E-state index in [-0.39, 0.29) is 18.0 Å². The van der Waals surface area contributed by atoms with Gasteiger partial charge in [0.15, 0.2) is 5.69 Å². The molecule has 0 radical (unpaired) electrons. The molecule has 2 bridgehead atoms. The van der Waals surface area contributed by atoms with Crippen LogP contribution in [0.3, 0.4) is 0 Å². The minimum Gasteiger partial charge on any atom is -0.390 e. The minimum absolute atomic E-state index is 0.110. The van der Waals surface area contributed by atoms with Crippen molar-refractivity contribution < 1.29 is 14.7 Å². The number of carbonyl (C=O) groups excluding carboxylic acids is 2. The summed E-state index contributed by atoms with van der Waals surface area (Å²) in [6.45, 7) is 5.04. The van der Waals surface area contributed by atoms with Gasteiger partial charge in [-0.25, -0.2) is 0 Å². The summed E-state index contributed by atoms with van der Waals surface area (Å²) in [5.74, 6) is -0.110. The molecule has 2 fully saturated rings. The van der Waals surface area contributed by atoms with Crippen molar-refractivity contribution in [3.8, 4) is 0 Å². The molecule has 2 unspecified atom stereocenters. The molecule has 2 aliphatic rings. The van der Waals surface area contributed by atoms with E-state index in [9.17, 15) is 14.7 Å². The Morgan fingerprint density at radius 1 is 1.29 bits per heavy atom. The summed E-state index contributed by atoms with van der Waals surface area (Å²) >= 11 is 0. The molecule has 2 aromatic rings. The van der Waals surface area contributed by atoms with Crippen LogP contribution in [0.5, 0.6) is 0 Å². The van der Waals surface area contributed by atoms with Crippen LogP contribution < -0.4 is 5.32 Å². The summed E-state index contributed by atoms with van der Waals surface area (Å²) in [6, 6.07) is 8.87. The van der Waals surface area contributed by atoms with Crippen molar-refractivity contribution in [3.63, 3.8) is 0 Å². The first kappa shape index (κ1) is 21.8. The van der Waals surface area contributed by atoms with Gasteiger partial charge in [-0.15, -0.1) is 0 Å². The number of likely N-dealkylation sites (N-methyl/N-ethyl adjacent to an activating group) is 1. The average molecular weight is 428 g/mol. The maximum absolute atomic E-state index is 13.1. The molecule has 2 N–H and O–H groups in total. The number of aliphatic hydroxyl groups is 1. The molecule has 2 amide bonds. The highest BCUT2D eigenvalue weighted by Crippen LogP contribution is 2.36. The molecule has 8 nitrogen and oxygen atoms in total. The van der Waals surface area contributed by atoms with E-state index in [4.69, 9.17) is 0 Å². The van der Waals surface area contributed by atoms with Gasteiger partial charge in [-0.1, -0.05) is 18.2 Å². The summed E-state index contributed by atoms with van der Waals surface area (Å²) in [5, 5.41) is 19.1. The molecular weight excluding hydrogens is 394 g/mol. The quantitative estimate of drug-likeness (QED) is 0.627. The lowest BCUT2D eigenvalue weighted by atomic mass is 9.96. The fourth-order valence-corrected chi connectivity index (χ4v) is 5.27. The lowest BCUT2D eigenvalue weighted by molar-refractivity contribution is -0.118. The minimum atomic E-state index is -0.559. The predicted molar refractivity (Wildman–Crippen MR) is 119 cm³/mol. The monoisotopic (exact) mass is 427 g/mol. The first-order chi connectivity index (χ1) is 14.9. The van der Waals surface area contributed by atoms with Crippen LogP contribution in [0, 0.1) is 0 Å². The second-order valence-corrected chi connectivity index (χ2v) is 9.33. The Kier molecular flexibility index (Phi) is 6.29. The van der Waals surface area contributed by atoms with Crippen LogP contribution in [-0.2, 0) is 4.79 Å². The van der Waals surface area contributed by atoms with Crippen LogP contribution in [0.25, 0.3) is 10.9 Å². The summed E-state index contributed by atoms with van der Waals surface area (Å²) in [7, 11) is 1.68. The number of rotatable bonds is 8. The zero-order valence-corrected chi connectivity index (χ0v) is 18.6. The third-order valence-electron chi connectivity index (χ3n) is 6.64. The number of benzene rings is 1. The number of para-hydroxylation sites is 1. The molecule has 31 heavy (non-hydrogen) atoms. The van der Waals surface area contributed by atoms with E-state index >= 15 is 0 Å². The molecule has 1 aromatic heterocycles. The van der Waals surface area contributed by atoms with Crippen LogP contribution in [-0.4, -0.2) is 81.4 Å². The lowest BCUT2D eigenvalue weighted by Crippen LogP contribution is -2.53. The SMILES string of the molecule is CC(C)n1nc(C(=O)NC2C[C@H]3CC[C@@H](C2)N3CC(O)CN(C)C=O)c2ccccc21. The molecular formula is C23H33N5O3. The number of hydrogen-bond acceptors (Lipinski definition) is 5. The number of aliphatic hydroxyl groups excluding tert-OH is 1. The van der Waals surface area contributed by atoms with E-state index in [1.807, 2.05) is 28.9 Å². The number of nitrogens with one attached hydrogen (secondary N) is 1. The molecule has 0 spiro atoms. The predicted octanol–water partition coefficient (Wildman–Crippen LogP) is 1.79. The van der Waals surface area contributed by atoms with Gasteiger partial charge in [0.25, 0.3) is 5.91 Å². The number of hydrogen-bond donors (Lipinski definition) is 2. The third kappa shape index (κ3) is 4.45. The molecule has 1 aromatic carbocycles. The zero-order valence-electron chi connectivity index (χ0n) is 18.6. The second kappa shape index (κ2) is 8.96. The smallest absolute Gasteiger partial charge is 0.272 e. The van der Waals surface area contributed by atoms with Gasteiger partial charge in [0, 0.05) is 49.7 Å². The zero-order chi connectivity index (χ0) is 22.1. The topological polar surface area (TPSA) is 90.7 Å². The fraction of sp³-hybridized carbons (Fsp3) is 0.609. The Bertz CT molecular complexity index is 928. The van der Waals surface area contributed by atoms with Gasteiger partial charge >= 0.3 is 0 Å². The third-order valence-corrected chi connectivity index (χ3v) is 6.64. The van der Waals surface area contributed by atoms with E-state index < -0.39 is 6.10 Å². The van der Waals surface area contributed by atoms with E-state index in [1.165, 1.54) is 4.90 Å². The van der Waals surface area contributed by atoms with E-state index in [2.05, 4.69) is 29.2 Å². The van der Waals surface area contributed by atoms with Crippen molar-refractivity contribution in [1.82, 2.24) is 24.9 Å². The molecule has 2 aliphatic heterocycles. The van der Waals surface area contributed by atoms with Crippen molar-refractivity contribution in [3.05, 3.63) is 30.0 Å². The highest BCUT2D eigenvalue weighted by molar-refractivity contribution is 6.05. The number of piperidine rings is 1. The van der Waals surface area contributed by atoms with Crippen molar-refractivity contribution in [2.45, 2.75) is 69.8 Å². The Morgan fingerprint density at radius 2 is 1.97 bits per heavy atom. The first-order valence-corrected chi connectivity index (χ1v) is 11.2. The summed E-state index contributed by atoms with van der Waals surface area (Å²) < 4.78 is 1.91. The van der Waals surface area contributed by atoms with Crippen molar-refractivity contribution in [1.29, 1.82) is 0 Å². The number of nitrogens with zero attached hydrogens (tertiary/aromatic N) is 4. The van der Waals surface area contributed by atoms with Gasteiger partial charge in [0.1, 0.15) is 0 Å². The summed E-state index contributed by atoms with van der Waals surface area (Å²) in [5.41, 5.74) is 1.47. The average Bonchev–Trinajstić information content (AvgIpc) is 3.22. The maximum Gasteiger partial charge on any atom is 0.272 e. The van der Waals surface area contributed by atoms with E-state index in [0.717, 1.165) is 43.0 Å². The molecule has 8 heteroatoms. The number of fused-ring (bicyclic) bond motifs is 3.